The molecule has 0 fully saturated rings. The number of carbonyl (C=O) groups is 1. The quantitative estimate of drug-likeness (QED) is 0.754. The number of carbonyl (C=O) groups excluding carboxylic acids is 1. The third kappa shape index (κ3) is 2.85. The van der Waals surface area contributed by atoms with Crippen molar-refractivity contribution >= 4 is 32.4 Å². The predicted octanol–water partition coefficient (Wildman–Crippen LogP) is -0.167. The van der Waals surface area contributed by atoms with Crippen LogP contribution >= 0.6 is 11.3 Å². The molecule has 2 aromatic rings. The zero-order valence-electron chi connectivity index (χ0n) is 8.77. The van der Waals surface area contributed by atoms with E-state index in [1.807, 2.05) is 0 Å². The molecule has 0 spiro atoms. The summed E-state index contributed by atoms with van der Waals surface area (Å²) >= 11 is 0.668. The smallest absolute Gasteiger partial charge is 0.276 e. The van der Waals surface area contributed by atoms with Gasteiger partial charge in [0.25, 0.3) is 15.9 Å². The van der Waals surface area contributed by atoms with E-state index in [0.717, 1.165) is 0 Å². The molecule has 8 nitrogen and oxygen atoms in total. The maximum absolute atomic E-state index is 11.7. The molecule has 0 aliphatic carbocycles. The van der Waals surface area contributed by atoms with Crippen molar-refractivity contribution in [3.05, 3.63) is 30.1 Å². The lowest BCUT2D eigenvalue weighted by Crippen LogP contribution is -2.13. The van der Waals surface area contributed by atoms with Crippen molar-refractivity contribution in [1.82, 2.24) is 15.2 Å². The summed E-state index contributed by atoms with van der Waals surface area (Å²) < 4.78 is 21.6. The maximum Gasteiger partial charge on any atom is 0.276 e. The molecule has 0 aliphatic rings. The van der Waals surface area contributed by atoms with Crippen molar-refractivity contribution < 1.29 is 13.2 Å². The van der Waals surface area contributed by atoms with E-state index in [1.165, 1.54) is 12.3 Å². The van der Waals surface area contributed by atoms with Gasteiger partial charge in [-0.15, -0.1) is 10.2 Å². The SMILES string of the molecule is NS(=O)(=O)c1nnc(NC(=O)c2ccccn2)s1. The van der Waals surface area contributed by atoms with E-state index in [2.05, 4.69) is 20.5 Å². The van der Waals surface area contributed by atoms with Gasteiger partial charge in [-0.1, -0.05) is 17.4 Å². The second kappa shape index (κ2) is 4.76. The fourth-order valence-electron chi connectivity index (χ4n) is 1.03. The molecule has 0 bridgehead atoms. The first-order valence-corrected chi connectivity index (χ1v) is 6.92. The molecule has 0 radical (unpaired) electrons. The number of pyridine rings is 1. The minimum Gasteiger partial charge on any atom is -0.295 e. The van der Waals surface area contributed by atoms with Gasteiger partial charge >= 0.3 is 0 Å². The van der Waals surface area contributed by atoms with Crippen molar-refractivity contribution in [2.75, 3.05) is 5.32 Å². The molecule has 10 heteroatoms. The number of amides is 1. The fraction of sp³-hybridized carbons (Fsp3) is 0. The molecule has 2 heterocycles. The Morgan fingerprint density at radius 3 is 2.67 bits per heavy atom. The summed E-state index contributed by atoms with van der Waals surface area (Å²) in [6.07, 6.45) is 1.46. The Morgan fingerprint density at radius 1 is 1.33 bits per heavy atom. The number of rotatable bonds is 3. The predicted molar refractivity (Wildman–Crippen MR) is 63.5 cm³/mol. The highest BCUT2D eigenvalue weighted by molar-refractivity contribution is 7.91. The molecule has 0 unspecified atom stereocenters. The lowest BCUT2D eigenvalue weighted by atomic mass is 10.3. The van der Waals surface area contributed by atoms with Crippen molar-refractivity contribution in [2.45, 2.75) is 4.34 Å². The molecule has 1 amide bonds. The summed E-state index contributed by atoms with van der Waals surface area (Å²) in [5.74, 6) is -0.507. The van der Waals surface area contributed by atoms with Gasteiger partial charge < -0.3 is 0 Å². The number of hydrogen-bond acceptors (Lipinski definition) is 7. The molecule has 94 valence electrons. The number of aromatic nitrogens is 3. The minimum absolute atomic E-state index is 0.0367. The Kier molecular flexibility index (Phi) is 3.32. The van der Waals surface area contributed by atoms with Crippen LogP contribution in [0.3, 0.4) is 0 Å². The Bertz CT molecular complexity index is 667. The standard InChI is InChI=1S/C8H7N5O3S2/c9-18(15,16)8-13-12-7(17-8)11-6(14)5-3-1-2-4-10-5/h1-4H,(H2,9,15,16)(H,11,12,14). The lowest BCUT2D eigenvalue weighted by Gasteiger charge is -1.98. The van der Waals surface area contributed by atoms with Crippen LogP contribution in [0, 0.1) is 0 Å². The minimum atomic E-state index is -3.90. The number of hydrogen-bond donors (Lipinski definition) is 2. The van der Waals surface area contributed by atoms with E-state index < -0.39 is 15.9 Å². The van der Waals surface area contributed by atoms with Crippen LogP contribution in [0.5, 0.6) is 0 Å². The Morgan fingerprint density at radius 2 is 2.11 bits per heavy atom. The topological polar surface area (TPSA) is 128 Å². The summed E-state index contributed by atoms with van der Waals surface area (Å²) in [6, 6.07) is 4.83. The normalized spacial score (nSPS) is 11.2. The van der Waals surface area contributed by atoms with Gasteiger partial charge in [-0.05, 0) is 12.1 Å². The van der Waals surface area contributed by atoms with Gasteiger partial charge in [0.15, 0.2) is 0 Å². The van der Waals surface area contributed by atoms with Crippen LogP contribution in [0.1, 0.15) is 10.5 Å². The van der Waals surface area contributed by atoms with Gasteiger partial charge in [-0.3, -0.25) is 15.1 Å². The van der Waals surface area contributed by atoms with Gasteiger partial charge in [-0.25, -0.2) is 13.6 Å². The Balaban J connectivity index is 2.16. The Labute approximate surface area is 106 Å². The van der Waals surface area contributed by atoms with Crippen LogP contribution in [0.2, 0.25) is 0 Å². The van der Waals surface area contributed by atoms with Crippen LogP contribution in [0.25, 0.3) is 0 Å². The monoisotopic (exact) mass is 285 g/mol. The number of sulfonamides is 1. The molecular weight excluding hydrogens is 278 g/mol. The number of primary sulfonamides is 1. The molecule has 3 N–H and O–H groups in total. The van der Waals surface area contributed by atoms with E-state index in [4.69, 9.17) is 5.14 Å². The second-order valence-corrected chi connectivity index (χ2v) is 5.80. The molecule has 0 saturated carbocycles. The number of nitrogens with zero attached hydrogens (tertiary/aromatic N) is 3. The largest absolute Gasteiger partial charge is 0.295 e. The van der Waals surface area contributed by atoms with Crippen molar-refractivity contribution in [3.8, 4) is 0 Å². The summed E-state index contributed by atoms with van der Waals surface area (Å²) in [7, 11) is -3.90. The van der Waals surface area contributed by atoms with E-state index in [9.17, 15) is 13.2 Å². The van der Waals surface area contributed by atoms with Gasteiger partial charge in [0, 0.05) is 6.20 Å². The van der Waals surface area contributed by atoms with Gasteiger partial charge in [0.1, 0.15) is 5.69 Å². The van der Waals surface area contributed by atoms with Crippen LogP contribution in [0.15, 0.2) is 28.7 Å². The highest BCUT2D eigenvalue weighted by Gasteiger charge is 2.17. The molecule has 18 heavy (non-hydrogen) atoms. The molecule has 0 aliphatic heterocycles. The average Bonchev–Trinajstić information content (AvgIpc) is 2.78. The van der Waals surface area contributed by atoms with Crippen LogP contribution in [0.4, 0.5) is 5.13 Å². The second-order valence-electron chi connectivity index (χ2n) is 3.09. The first-order valence-electron chi connectivity index (χ1n) is 4.55. The number of nitrogens with one attached hydrogen (secondary N) is 1. The molecule has 0 atom stereocenters. The summed E-state index contributed by atoms with van der Waals surface area (Å²) in [5.41, 5.74) is 0.185. The summed E-state index contributed by atoms with van der Waals surface area (Å²) in [4.78, 5) is 15.5. The van der Waals surface area contributed by atoms with E-state index in [-0.39, 0.29) is 15.2 Å². The fourth-order valence-corrected chi connectivity index (χ4v) is 2.36. The number of anilines is 1. The van der Waals surface area contributed by atoms with E-state index in [0.29, 0.717) is 11.3 Å². The lowest BCUT2D eigenvalue weighted by molar-refractivity contribution is 0.102. The van der Waals surface area contributed by atoms with Gasteiger partial charge in [-0.2, -0.15) is 0 Å². The van der Waals surface area contributed by atoms with E-state index >= 15 is 0 Å². The van der Waals surface area contributed by atoms with Crippen molar-refractivity contribution in [2.24, 2.45) is 5.14 Å². The first-order chi connectivity index (χ1) is 8.47. The van der Waals surface area contributed by atoms with Crippen LogP contribution in [-0.4, -0.2) is 29.5 Å². The molecule has 0 aromatic carbocycles. The molecule has 0 saturated heterocycles. The summed E-state index contributed by atoms with van der Waals surface area (Å²) in [5, 5.41) is 14.1. The highest BCUT2D eigenvalue weighted by atomic mass is 32.2. The Hall–Kier alpha value is -1.91. The zero-order chi connectivity index (χ0) is 13.2. The van der Waals surface area contributed by atoms with Gasteiger partial charge in [0.05, 0.1) is 0 Å². The zero-order valence-corrected chi connectivity index (χ0v) is 10.4. The third-order valence-corrected chi connectivity index (χ3v) is 3.92. The number of nitrogens with two attached hydrogens (primary N) is 1. The van der Waals surface area contributed by atoms with Crippen LogP contribution < -0.4 is 10.5 Å². The molecule has 2 rings (SSSR count). The first kappa shape index (κ1) is 12.5. The molecular formula is C8H7N5O3S2. The molecule has 2 aromatic heterocycles. The average molecular weight is 285 g/mol. The van der Waals surface area contributed by atoms with Gasteiger partial charge in [0.2, 0.25) is 9.47 Å². The van der Waals surface area contributed by atoms with Crippen molar-refractivity contribution in [3.63, 3.8) is 0 Å². The third-order valence-electron chi connectivity index (χ3n) is 1.77. The van der Waals surface area contributed by atoms with Crippen LogP contribution in [-0.2, 0) is 10.0 Å². The summed E-state index contributed by atoms with van der Waals surface area (Å²) in [6.45, 7) is 0. The van der Waals surface area contributed by atoms with Crippen molar-refractivity contribution in [1.29, 1.82) is 0 Å². The maximum atomic E-state index is 11.7. The van der Waals surface area contributed by atoms with E-state index in [1.54, 1.807) is 12.1 Å². The highest BCUT2D eigenvalue weighted by Crippen LogP contribution is 2.18.